The molecule has 0 heterocycles. The van der Waals surface area contributed by atoms with Crippen LogP contribution >= 0.6 is 11.8 Å². The van der Waals surface area contributed by atoms with Crippen LogP contribution in [0.4, 0.5) is 9.59 Å². The summed E-state index contributed by atoms with van der Waals surface area (Å²) in [6, 6.07) is 0. The zero-order valence-electron chi connectivity index (χ0n) is 10.4. The van der Waals surface area contributed by atoms with Crippen LogP contribution in [-0.4, -0.2) is 45.7 Å². The predicted octanol–water partition coefficient (Wildman–Crippen LogP) is 2.35. The van der Waals surface area contributed by atoms with Crippen LogP contribution in [0, 0.1) is 0 Å². The van der Waals surface area contributed by atoms with Gasteiger partial charge in [-0.15, -0.1) is 0 Å². The van der Waals surface area contributed by atoms with E-state index in [0.29, 0.717) is 11.3 Å². The topological polar surface area (TPSA) is 83.9 Å². The van der Waals surface area contributed by atoms with Gasteiger partial charge in [0.2, 0.25) is 0 Å². The van der Waals surface area contributed by atoms with Gasteiger partial charge >= 0.3 is 12.2 Å². The van der Waals surface area contributed by atoms with Gasteiger partial charge in [0.05, 0.1) is 0 Å². The highest BCUT2D eigenvalue weighted by Gasteiger charge is 2.26. The van der Waals surface area contributed by atoms with Crippen molar-refractivity contribution in [3.63, 3.8) is 0 Å². The van der Waals surface area contributed by atoms with Gasteiger partial charge in [0.25, 0.3) is 0 Å². The molecule has 1 atom stereocenters. The molecule has 0 fully saturated rings. The van der Waals surface area contributed by atoms with E-state index in [9.17, 15) is 14.4 Å². The third kappa shape index (κ3) is 6.29. The summed E-state index contributed by atoms with van der Waals surface area (Å²) in [5.41, 5.74) is 0. The summed E-state index contributed by atoms with van der Waals surface area (Å²) in [6.07, 6.45) is -0.431. The molecule has 18 heavy (non-hydrogen) atoms. The zero-order chi connectivity index (χ0) is 14.1. The molecule has 0 aliphatic carbocycles. The van der Waals surface area contributed by atoms with Gasteiger partial charge in [0, 0.05) is 18.7 Å². The lowest BCUT2D eigenvalue weighted by molar-refractivity contribution is -0.109. The first-order chi connectivity index (χ1) is 8.42. The van der Waals surface area contributed by atoms with Crippen molar-refractivity contribution in [3.05, 3.63) is 12.7 Å². The lowest BCUT2D eigenvalue weighted by Gasteiger charge is -2.21. The third-order valence-electron chi connectivity index (χ3n) is 1.95. The Morgan fingerprint density at radius 3 is 2.50 bits per heavy atom. The second kappa shape index (κ2) is 8.57. The highest BCUT2D eigenvalue weighted by molar-refractivity contribution is 8.14. The van der Waals surface area contributed by atoms with Gasteiger partial charge in [-0.25, -0.2) is 14.5 Å². The van der Waals surface area contributed by atoms with E-state index in [1.807, 2.05) is 6.92 Å². The average molecular weight is 275 g/mol. The number of thioether (sulfide) groups is 1. The monoisotopic (exact) mass is 275 g/mol. The predicted molar refractivity (Wildman–Crippen MR) is 68.6 cm³/mol. The van der Waals surface area contributed by atoms with Crippen LogP contribution in [0.1, 0.15) is 20.3 Å². The Kier molecular flexibility index (Phi) is 7.86. The highest BCUT2D eigenvalue weighted by Crippen LogP contribution is 2.17. The summed E-state index contributed by atoms with van der Waals surface area (Å²) in [6.45, 7) is 6.44. The van der Waals surface area contributed by atoms with E-state index >= 15 is 0 Å². The molecule has 0 saturated carbocycles. The summed E-state index contributed by atoms with van der Waals surface area (Å²) in [7, 11) is 0. The normalized spacial score (nSPS) is 11.4. The molecule has 7 heteroatoms. The Balaban J connectivity index is 4.58. The number of rotatable bonds is 6. The van der Waals surface area contributed by atoms with Crippen LogP contribution in [0.25, 0.3) is 0 Å². The highest BCUT2D eigenvalue weighted by atomic mass is 32.2. The van der Waals surface area contributed by atoms with Crippen LogP contribution in [0.15, 0.2) is 12.7 Å². The first kappa shape index (κ1) is 16.5. The molecule has 0 aliphatic heterocycles. The largest absolute Gasteiger partial charge is 0.465 e. The van der Waals surface area contributed by atoms with E-state index < -0.39 is 12.2 Å². The zero-order valence-corrected chi connectivity index (χ0v) is 11.2. The van der Waals surface area contributed by atoms with Gasteiger partial charge in [-0.1, -0.05) is 31.3 Å². The summed E-state index contributed by atoms with van der Waals surface area (Å²) in [5.74, 6) is 0. The van der Waals surface area contributed by atoms with E-state index in [4.69, 9.17) is 5.11 Å². The third-order valence-corrected chi connectivity index (χ3v) is 3.10. The Bertz CT molecular complexity index is 331. The SMILES string of the molecule is C=CCOC(=O)N(CC(CC)SC(C)=O)C(=O)O. The van der Waals surface area contributed by atoms with Gasteiger partial charge in [-0.3, -0.25) is 4.79 Å². The molecule has 2 amide bonds. The molecule has 0 aromatic rings. The molecule has 6 nitrogen and oxygen atoms in total. The maximum Gasteiger partial charge on any atom is 0.419 e. The van der Waals surface area contributed by atoms with E-state index in [-0.39, 0.29) is 23.5 Å². The summed E-state index contributed by atoms with van der Waals surface area (Å²) >= 11 is 1.01. The second-order valence-corrected chi connectivity index (χ2v) is 4.88. The van der Waals surface area contributed by atoms with Crippen molar-refractivity contribution in [2.24, 2.45) is 0 Å². The summed E-state index contributed by atoms with van der Waals surface area (Å²) in [4.78, 5) is 33.9. The maximum atomic E-state index is 11.5. The van der Waals surface area contributed by atoms with E-state index in [1.165, 1.54) is 13.0 Å². The van der Waals surface area contributed by atoms with Gasteiger partial charge in [-0.05, 0) is 6.42 Å². The van der Waals surface area contributed by atoms with E-state index in [0.717, 1.165) is 11.8 Å². The minimum atomic E-state index is -1.40. The lowest BCUT2D eigenvalue weighted by atomic mass is 10.3. The molecule has 0 bridgehead atoms. The number of imide groups is 1. The molecule has 0 aliphatic rings. The van der Waals surface area contributed by atoms with Crippen LogP contribution in [0.5, 0.6) is 0 Å². The van der Waals surface area contributed by atoms with Crippen LogP contribution in [0.3, 0.4) is 0 Å². The van der Waals surface area contributed by atoms with E-state index in [2.05, 4.69) is 11.3 Å². The van der Waals surface area contributed by atoms with Crippen molar-refractivity contribution in [2.75, 3.05) is 13.2 Å². The number of carbonyl (C=O) groups is 3. The number of nitrogens with zero attached hydrogens (tertiary/aromatic N) is 1. The maximum absolute atomic E-state index is 11.5. The summed E-state index contributed by atoms with van der Waals surface area (Å²) < 4.78 is 4.66. The molecule has 0 aromatic carbocycles. The van der Waals surface area contributed by atoms with E-state index in [1.54, 1.807) is 0 Å². The number of amides is 2. The number of hydrogen-bond acceptors (Lipinski definition) is 5. The Morgan fingerprint density at radius 1 is 1.50 bits per heavy atom. The molecule has 1 unspecified atom stereocenters. The molecule has 0 aromatic heterocycles. The fourth-order valence-electron chi connectivity index (χ4n) is 1.13. The Hall–Kier alpha value is -1.50. The minimum Gasteiger partial charge on any atom is -0.465 e. The molecule has 102 valence electrons. The molecule has 0 rings (SSSR count). The number of carboxylic acid groups (broad SMARTS) is 1. The van der Waals surface area contributed by atoms with Crippen molar-refractivity contribution in [3.8, 4) is 0 Å². The van der Waals surface area contributed by atoms with Gasteiger partial charge < -0.3 is 9.84 Å². The fraction of sp³-hybridized carbons (Fsp3) is 0.545. The first-order valence-corrected chi connectivity index (χ1v) is 6.25. The fourth-order valence-corrected chi connectivity index (χ4v) is 1.99. The Morgan fingerprint density at radius 2 is 2.11 bits per heavy atom. The molecular weight excluding hydrogens is 258 g/mol. The molecule has 0 spiro atoms. The molecule has 0 saturated heterocycles. The van der Waals surface area contributed by atoms with Crippen molar-refractivity contribution in [1.29, 1.82) is 0 Å². The van der Waals surface area contributed by atoms with Gasteiger partial charge in [0.15, 0.2) is 5.12 Å². The quantitative estimate of drug-likeness (QED) is 0.749. The number of ether oxygens (including phenoxy) is 1. The average Bonchev–Trinajstić information content (AvgIpc) is 2.30. The van der Waals surface area contributed by atoms with Gasteiger partial charge in [-0.2, -0.15) is 0 Å². The lowest BCUT2D eigenvalue weighted by Crippen LogP contribution is -2.40. The van der Waals surface area contributed by atoms with Crippen LogP contribution < -0.4 is 0 Å². The van der Waals surface area contributed by atoms with Crippen LogP contribution in [-0.2, 0) is 9.53 Å². The standard InChI is InChI=1S/C11H17NO5S/c1-4-6-17-11(16)12(10(14)15)7-9(5-2)18-8(3)13/h4,9H,1,5-7H2,2-3H3,(H,14,15). The van der Waals surface area contributed by atoms with Crippen LogP contribution in [0.2, 0.25) is 0 Å². The molecule has 1 N–H and O–H groups in total. The van der Waals surface area contributed by atoms with Crippen molar-refractivity contribution in [1.82, 2.24) is 4.90 Å². The van der Waals surface area contributed by atoms with Crippen molar-refractivity contribution >= 4 is 29.1 Å². The summed E-state index contributed by atoms with van der Waals surface area (Å²) in [5, 5.41) is 8.54. The van der Waals surface area contributed by atoms with Crippen molar-refractivity contribution < 1.29 is 24.2 Å². The molecule has 0 radical (unpaired) electrons. The van der Waals surface area contributed by atoms with Gasteiger partial charge in [0.1, 0.15) is 6.61 Å². The van der Waals surface area contributed by atoms with Crippen molar-refractivity contribution in [2.45, 2.75) is 25.5 Å². The first-order valence-electron chi connectivity index (χ1n) is 5.37. The minimum absolute atomic E-state index is 0.0563. The number of hydrogen-bond donors (Lipinski definition) is 1. The second-order valence-electron chi connectivity index (χ2n) is 3.40. The molecular formula is C11H17NO5S. The number of carbonyl (C=O) groups excluding carboxylic acids is 2. The Labute approximate surface area is 110 Å². The smallest absolute Gasteiger partial charge is 0.419 e.